The number of likely N-dealkylation sites (tertiary alicyclic amines) is 1. The van der Waals surface area contributed by atoms with Crippen molar-refractivity contribution >= 4 is 11.6 Å². The van der Waals surface area contributed by atoms with Crippen LogP contribution < -0.4 is 10.1 Å². The molecule has 0 bridgehead atoms. The highest BCUT2D eigenvalue weighted by atomic mass is 16.5. The Kier molecular flexibility index (Phi) is 5.94. The summed E-state index contributed by atoms with van der Waals surface area (Å²) in [6.07, 6.45) is 1.79. The maximum atomic E-state index is 12.7. The van der Waals surface area contributed by atoms with Crippen LogP contribution in [0, 0.1) is 19.8 Å². The predicted octanol–water partition coefficient (Wildman–Crippen LogP) is 4.16. The Hall–Kier alpha value is -2.33. The number of carbonyl (C=O) groups is 1. The second kappa shape index (κ2) is 8.37. The number of methoxy groups -OCH3 is 1. The van der Waals surface area contributed by atoms with Gasteiger partial charge in [-0.1, -0.05) is 35.9 Å². The van der Waals surface area contributed by atoms with E-state index in [4.69, 9.17) is 4.74 Å². The van der Waals surface area contributed by atoms with Gasteiger partial charge < -0.3 is 10.1 Å². The third kappa shape index (κ3) is 4.64. The van der Waals surface area contributed by atoms with Gasteiger partial charge in [0, 0.05) is 12.5 Å². The minimum absolute atomic E-state index is 0.0639. The zero-order valence-electron chi connectivity index (χ0n) is 15.9. The lowest BCUT2D eigenvalue weighted by Crippen LogP contribution is -2.37. The number of nitrogens with one attached hydrogen (secondary N) is 1. The predicted molar refractivity (Wildman–Crippen MR) is 106 cm³/mol. The lowest BCUT2D eigenvalue weighted by molar-refractivity contribution is -0.121. The Labute approximate surface area is 156 Å². The van der Waals surface area contributed by atoms with Gasteiger partial charge in [-0.2, -0.15) is 0 Å². The number of benzene rings is 2. The van der Waals surface area contributed by atoms with E-state index in [-0.39, 0.29) is 11.8 Å². The van der Waals surface area contributed by atoms with Gasteiger partial charge in [-0.25, -0.2) is 0 Å². The number of ether oxygens (including phenoxy) is 1. The second-order valence-corrected chi connectivity index (χ2v) is 7.23. The first-order chi connectivity index (χ1) is 12.5. The van der Waals surface area contributed by atoms with Gasteiger partial charge in [0.15, 0.2) is 0 Å². The third-order valence-electron chi connectivity index (χ3n) is 5.06. The van der Waals surface area contributed by atoms with E-state index in [1.807, 2.05) is 25.1 Å². The van der Waals surface area contributed by atoms with Crippen LogP contribution in [-0.2, 0) is 11.3 Å². The van der Waals surface area contributed by atoms with Crippen LogP contribution in [0.25, 0.3) is 0 Å². The number of amides is 1. The Morgan fingerprint density at radius 2 is 1.85 bits per heavy atom. The molecule has 3 rings (SSSR count). The lowest BCUT2D eigenvalue weighted by Gasteiger charge is -2.31. The first kappa shape index (κ1) is 18.5. The molecule has 4 nitrogen and oxygen atoms in total. The molecule has 4 heteroatoms. The highest BCUT2D eigenvalue weighted by Crippen LogP contribution is 2.27. The first-order valence-corrected chi connectivity index (χ1v) is 9.28. The normalized spacial score (nSPS) is 15.7. The van der Waals surface area contributed by atoms with Crippen LogP contribution in [0.15, 0.2) is 42.5 Å². The Morgan fingerprint density at radius 1 is 1.12 bits per heavy atom. The van der Waals surface area contributed by atoms with Crippen molar-refractivity contribution in [3.63, 3.8) is 0 Å². The molecule has 138 valence electrons. The van der Waals surface area contributed by atoms with Crippen molar-refractivity contribution in [2.45, 2.75) is 33.2 Å². The fraction of sp³-hybridized carbons (Fsp3) is 0.409. The van der Waals surface area contributed by atoms with E-state index in [0.717, 1.165) is 43.7 Å². The number of rotatable bonds is 5. The van der Waals surface area contributed by atoms with E-state index in [1.54, 1.807) is 7.11 Å². The molecule has 1 aliphatic heterocycles. The van der Waals surface area contributed by atoms with Crippen molar-refractivity contribution in [1.29, 1.82) is 0 Å². The molecule has 1 heterocycles. The molecule has 0 spiro atoms. The Balaban J connectivity index is 1.54. The molecule has 0 saturated carbocycles. The maximum absolute atomic E-state index is 12.7. The molecule has 0 unspecified atom stereocenters. The van der Waals surface area contributed by atoms with Crippen molar-refractivity contribution in [2.75, 3.05) is 25.5 Å². The van der Waals surface area contributed by atoms with Crippen LogP contribution in [0.4, 0.5) is 5.69 Å². The van der Waals surface area contributed by atoms with Crippen LogP contribution in [0.1, 0.15) is 29.5 Å². The molecular formula is C22H28N2O2. The summed E-state index contributed by atoms with van der Waals surface area (Å²) in [7, 11) is 1.63. The Morgan fingerprint density at radius 3 is 2.54 bits per heavy atom. The second-order valence-electron chi connectivity index (χ2n) is 7.23. The number of nitrogens with zero attached hydrogens (tertiary/aromatic N) is 1. The van der Waals surface area contributed by atoms with Crippen molar-refractivity contribution in [2.24, 2.45) is 5.92 Å². The molecule has 0 aromatic heterocycles. The molecule has 1 fully saturated rings. The smallest absolute Gasteiger partial charge is 0.227 e. The standard InChI is InChI=1S/C22H28N2O2/c1-16-5-4-6-18(13-16)15-24-11-9-19(10-12-24)22(25)23-20-14-17(2)7-8-21(20)26-3/h4-8,13-14,19H,9-12,15H2,1-3H3,(H,23,25). The summed E-state index contributed by atoms with van der Waals surface area (Å²) in [6, 6.07) is 14.5. The van der Waals surface area contributed by atoms with Gasteiger partial charge in [0.05, 0.1) is 12.8 Å². The number of piperidine rings is 1. The molecule has 1 aliphatic rings. The van der Waals surface area contributed by atoms with Crippen molar-refractivity contribution in [3.8, 4) is 5.75 Å². The summed E-state index contributed by atoms with van der Waals surface area (Å²) in [4.78, 5) is 15.1. The van der Waals surface area contributed by atoms with E-state index in [9.17, 15) is 4.79 Å². The number of anilines is 1. The third-order valence-corrected chi connectivity index (χ3v) is 5.06. The van der Waals surface area contributed by atoms with Crippen LogP contribution in [0.5, 0.6) is 5.75 Å². The van der Waals surface area contributed by atoms with E-state index in [2.05, 4.69) is 41.4 Å². The fourth-order valence-electron chi connectivity index (χ4n) is 3.58. The molecule has 26 heavy (non-hydrogen) atoms. The molecule has 1 N–H and O–H groups in total. The van der Waals surface area contributed by atoms with Crippen molar-refractivity contribution in [3.05, 3.63) is 59.2 Å². The van der Waals surface area contributed by atoms with Gasteiger partial charge in [-0.05, 0) is 63.0 Å². The van der Waals surface area contributed by atoms with Gasteiger partial charge in [0.25, 0.3) is 0 Å². The molecular weight excluding hydrogens is 324 g/mol. The number of carbonyl (C=O) groups excluding carboxylic acids is 1. The number of hydrogen-bond acceptors (Lipinski definition) is 3. The number of aryl methyl sites for hydroxylation is 2. The topological polar surface area (TPSA) is 41.6 Å². The molecule has 0 radical (unpaired) electrons. The minimum atomic E-state index is 0.0639. The van der Waals surface area contributed by atoms with E-state index < -0.39 is 0 Å². The summed E-state index contributed by atoms with van der Waals surface area (Å²) in [5.41, 5.74) is 4.51. The van der Waals surface area contributed by atoms with Gasteiger partial charge in [0.1, 0.15) is 5.75 Å². The summed E-state index contributed by atoms with van der Waals surface area (Å²) in [5.74, 6) is 0.874. The molecule has 2 aromatic rings. The quantitative estimate of drug-likeness (QED) is 0.878. The van der Waals surface area contributed by atoms with Gasteiger partial charge in [-0.15, -0.1) is 0 Å². The van der Waals surface area contributed by atoms with Gasteiger partial charge >= 0.3 is 0 Å². The maximum Gasteiger partial charge on any atom is 0.227 e. The van der Waals surface area contributed by atoms with Crippen LogP contribution >= 0.6 is 0 Å². The largest absolute Gasteiger partial charge is 0.495 e. The average Bonchev–Trinajstić information content (AvgIpc) is 2.62. The SMILES string of the molecule is COc1ccc(C)cc1NC(=O)C1CCN(Cc2cccc(C)c2)CC1. The van der Waals surface area contributed by atoms with E-state index in [1.165, 1.54) is 11.1 Å². The van der Waals surface area contributed by atoms with E-state index in [0.29, 0.717) is 5.75 Å². The number of hydrogen-bond donors (Lipinski definition) is 1. The van der Waals surface area contributed by atoms with Crippen molar-refractivity contribution < 1.29 is 9.53 Å². The zero-order valence-corrected chi connectivity index (χ0v) is 15.9. The zero-order chi connectivity index (χ0) is 18.5. The average molecular weight is 352 g/mol. The van der Waals surface area contributed by atoms with E-state index >= 15 is 0 Å². The molecule has 0 aliphatic carbocycles. The summed E-state index contributed by atoms with van der Waals surface area (Å²) in [6.45, 7) is 7.01. The summed E-state index contributed by atoms with van der Waals surface area (Å²) < 4.78 is 5.36. The van der Waals surface area contributed by atoms with Crippen LogP contribution in [-0.4, -0.2) is 31.0 Å². The van der Waals surface area contributed by atoms with Crippen LogP contribution in [0.2, 0.25) is 0 Å². The van der Waals surface area contributed by atoms with Gasteiger partial charge in [0.2, 0.25) is 5.91 Å². The minimum Gasteiger partial charge on any atom is -0.495 e. The molecule has 1 amide bonds. The molecule has 0 atom stereocenters. The van der Waals surface area contributed by atoms with Crippen LogP contribution in [0.3, 0.4) is 0 Å². The summed E-state index contributed by atoms with van der Waals surface area (Å²) in [5, 5.41) is 3.06. The molecule has 1 saturated heterocycles. The molecule has 2 aromatic carbocycles. The highest BCUT2D eigenvalue weighted by Gasteiger charge is 2.25. The summed E-state index contributed by atoms with van der Waals surface area (Å²) >= 11 is 0. The first-order valence-electron chi connectivity index (χ1n) is 9.28. The fourth-order valence-corrected chi connectivity index (χ4v) is 3.58. The lowest BCUT2D eigenvalue weighted by atomic mass is 9.95. The highest BCUT2D eigenvalue weighted by molar-refractivity contribution is 5.94. The van der Waals surface area contributed by atoms with Crippen molar-refractivity contribution in [1.82, 2.24) is 4.90 Å². The van der Waals surface area contributed by atoms with Gasteiger partial charge in [-0.3, -0.25) is 9.69 Å². The monoisotopic (exact) mass is 352 g/mol. The Bertz CT molecular complexity index is 764.